The number of ketones is 1. The van der Waals surface area contributed by atoms with E-state index in [-0.39, 0.29) is 56.2 Å². The molecular formula is C46H65N7O11. The fourth-order valence-corrected chi connectivity index (χ4v) is 9.47. The molecule has 0 saturated carbocycles. The maximum atomic E-state index is 14.5. The Balaban J connectivity index is 1.43. The van der Waals surface area contributed by atoms with Crippen molar-refractivity contribution < 1.29 is 53.1 Å². The largest absolute Gasteiger partial charge is 0.459 e. The number of pyridine rings is 1. The number of rotatable bonds is 8. The number of esters is 1. The van der Waals surface area contributed by atoms with E-state index in [0.29, 0.717) is 29.2 Å². The first-order valence-corrected chi connectivity index (χ1v) is 22.2. The van der Waals surface area contributed by atoms with Gasteiger partial charge in [0.15, 0.2) is 17.9 Å². The fraction of sp³-hybridized carbons (Fsp3) is 0.652. The number of nitrogens with two attached hydrogens (primary N) is 1. The Labute approximate surface area is 375 Å². The number of hydrogen-bond donors (Lipinski definition) is 3. The number of hydrogen-bond acceptors (Lipinski definition) is 17. The monoisotopic (exact) mass is 891 g/mol. The van der Waals surface area contributed by atoms with E-state index in [2.05, 4.69) is 20.1 Å². The number of aromatic nitrogens is 3. The summed E-state index contributed by atoms with van der Waals surface area (Å²) in [7, 11) is 3.73. The molecule has 2 aromatic heterocycles. The summed E-state index contributed by atoms with van der Waals surface area (Å²) in [5.74, 6) is -4.94. The number of Topliss-reactive ketones (excluding diaryl/α,β-unsaturated/α-hetero) is 1. The molecule has 4 aliphatic rings. The van der Waals surface area contributed by atoms with Crippen LogP contribution in [0, 0.1) is 23.7 Å². The van der Waals surface area contributed by atoms with E-state index in [1.54, 1.807) is 70.4 Å². The number of carbonyl (C=O) groups is 3. The lowest BCUT2D eigenvalue weighted by Crippen LogP contribution is -2.60. The normalized spacial score (nSPS) is 37.8. The highest BCUT2D eigenvalue weighted by Crippen LogP contribution is 2.40. The van der Waals surface area contributed by atoms with Crippen LogP contribution in [-0.2, 0) is 42.9 Å². The number of aliphatic hydroxyl groups excluding tert-OH is 1. The Kier molecular flexibility index (Phi) is 15.5. The molecule has 2 aromatic rings. The summed E-state index contributed by atoms with van der Waals surface area (Å²) in [5.41, 5.74) is 4.68. The molecule has 3 fully saturated rings. The molecule has 0 spiro atoms. The number of nitrogen functional groups attached to an aromatic ring is 1. The second-order valence-corrected chi connectivity index (χ2v) is 18.3. The summed E-state index contributed by atoms with van der Waals surface area (Å²) in [6, 6.07) is 4.91. The van der Waals surface area contributed by atoms with Crippen LogP contribution in [0.1, 0.15) is 86.8 Å². The summed E-state index contributed by atoms with van der Waals surface area (Å²) >= 11 is 0. The van der Waals surface area contributed by atoms with Crippen LogP contribution < -0.4 is 5.73 Å². The van der Waals surface area contributed by atoms with Crippen molar-refractivity contribution >= 4 is 41.0 Å². The highest BCUT2D eigenvalue weighted by atomic mass is 16.7. The van der Waals surface area contributed by atoms with Gasteiger partial charge in [-0.2, -0.15) is 0 Å². The number of nitrogens with zero attached hydrogens (tertiary/aromatic N) is 6. The number of likely N-dealkylation sites (N-methyl/N-ethyl adjacent to an activating group) is 1. The molecule has 18 nitrogen and oxygen atoms in total. The van der Waals surface area contributed by atoms with Crippen LogP contribution in [-0.4, -0.2) is 147 Å². The van der Waals surface area contributed by atoms with Crippen molar-refractivity contribution in [2.24, 2.45) is 33.8 Å². The van der Waals surface area contributed by atoms with Crippen LogP contribution in [0.15, 0.2) is 46.8 Å². The highest BCUT2D eigenvalue weighted by Gasteiger charge is 2.53. The fourth-order valence-electron chi connectivity index (χ4n) is 9.47. The van der Waals surface area contributed by atoms with Crippen LogP contribution in [0.4, 0.5) is 5.82 Å². The van der Waals surface area contributed by atoms with Crippen molar-refractivity contribution in [2.45, 2.75) is 141 Å². The first-order valence-electron chi connectivity index (χ1n) is 22.2. The van der Waals surface area contributed by atoms with Gasteiger partial charge < -0.3 is 49.4 Å². The van der Waals surface area contributed by atoms with E-state index in [1.165, 1.54) is 13.8 Å². The van der Waals surface area contributed by atoms with Gasteiger partial charge in [-0.3, -0.25) is 14.4 Å². The summed E-state index contributed by atoms with van der Waals surface area (Å²) in [5, 5.41) is 28.5. The van der Waals surface area contributed by atoms with Crippen molar-refractivity contribution in [3.8, 4) is 11.4 Å². The number of cyclic esters (lactones) is 1. The van der Waals surface area contributed by atoms with Gasteiger partial charge in [0, 0.05) is 42.4 Å². The zero-order valence-corrected chi connectivity index (χ0v) is 38.5. The summed E-state index contributed by atoms with van der Waals surface area (Å²) in [6.45, 7) is 13.3. The van der Waals surface area contributed by atoms with Gasteiger partial charge in [0.1, 0.15) is 35.3 Å². The maximum Gasteiger partial charge on any atom is 0.316 e. The average Bonchev–Trinajstić information content (AvgIpc) is 3.28. The molecule has 4 bridgehead atoms. The van der Waals surface area contributed by atoms with E-state index >= 15 is 0 Å². The molecular weight excluding hydrogens is 827 g/mol. The molecule has 4 N–H and O–H groups in total. The number of oxime groups is 1. The Morgan fingerprint density at radius 3 is 2.42 bits per heavy atom. The lowest BCUT2D eigenvalue weighted by atomic mass is 9.73. The number of ether oxygens (including phenoxy) is 5. The Morgan fingerprint density at radius 1 is 1.03 bits per heavy atom. The first kappa shape index (κ1) is 48.9. The van der Waals surface area contributed by atoms with Crippen molar-refractivity contribution in [1.82, 2.24) is 19.9 Å². The van der Waals surface area contributed by atoms with Crippen LogP contribution in [0.5, 0.6) is 0 Å². The first-order chi connectivity index (χ1) is 30.2. The van der Waals surface area contributed by atoms with E-state index in [1.807, 2.05) is 32.8 Å². The van der Waals surface area contributed by atoms with Crippen LogP contribution in [0.3, 0.4) is 0 Å². The van der Waals surface area contributed by atoms with Gasteiger partial charge in [-0.15, -0.1) is 0 Å². The molecule has 0 radical (unpaired) electrons. The molecule has 3 saturated heterocycles. The molecule has 0 aromatic carbocycles. The minimum absolute atomic E-state index is 0.0402. The molecule has 1 unspecified atom stereocenters. The smallest absolute Gasteiger partial charge is 0.316 e. The van der Waals surface area contributed by atoms with E-state index in [0.717, 1.165) is 0 Å². The van der Waals surface area contributed by atoms with E-state index in [4.69, 9.17) is 39.2 Å². The second kappa shape index (κ2) is 20.3. The average molecular weight is 892 g/mol. The van der Waals surface area contributed by atoms with Gasteiger partial charge in [0.25, 0.3) is 5.91 Å². The lowest BCUT2D eigenvalue weighted by Gasteiger charge is -2.47. The van der Waals surface area contributed by atoms with Gasteiger partial charge in [-0.1, -0.05) is 38.9 Å². The van der Waals surface area contributed by atoms with E-state index < -0.39 is 89.3 Å². The van der Waals surface area contributed by atoms with Gasteiger partial charge in [0.2, 0.25) is 6.10 Å². The zero-order chi connectivity index (χ0) is 46.7. The van der Waals surface area contributed by atoms with Crippen LogP contribution >= 0.6 is 0 Å². The summed E-state index contributed by atoms with van der Waals surface area (Å²) in [6.07, 6.45) is 0.348. The van der Waals surface area contributed by atoms with Crippen molar-refractivity contribution in [3.05, 3.63) is 42.4 Å². The molecule has 350 valence electrons. The highest BCUT2D eigenvalue weighted by molar-refractivity contribution is 6.01. The third-order valence-electron chi connectivity index (χ3n) is 13.0. The Hall–Kier alpha value is -4.56. The van der Waals surface area contributed by atoms with Crippen LogP contribution in [0.2, 0.25) is 0 Å². The van der Waals surface area contributed by atoms with Crippen LogP contribution in [0.25, 0.3) is 17.5 Å². The van der Waals surface area contributed by atoms with Crippen molar-refractivity contribution in [3.63, 3.8) is 0 Å². The van der Waals surface area contributed by atoms with Crippen molar-refractivity contribution in [1.29, 1.82) is 0 Å². The molecule has 6 rings (SSSR count). The number of carbonyl (C=O) groups excluding carboxylic acids is 3. The minimum Gasteiger partial charge on any atom is -0.459 e. The molecule has 14 atom stereocenters. The summed E-state index contributed by atoms with van der Waals surface area (Å²) in [4.78, 5) is 68.5. The molecule has 0 aliphatic carbocycles. The number of fused-ring (bicyclic) bond motifs is 4. The predicted octanol–water partition coefficient (Wildman–Crippen LogP) is 3.82. The number of aliphatic imine (C=N–C) groups is 1. The Bertz CT molecular complexity index is 2080. The number of amides is 1. The molecule has 6 heterocycles. The minimum atomic E-state index is -1.86. The van der Waals surface area contributed by atoms with Gasteiger partial charge in [-0.25, -0.2) is 19.9 Å². The predicted molar refractivity (Wildman–Crippen MR) is 237 cm³/mol. The number of anilines is 1. The lowest BCUT2D eigenvalue weighted by molar-refractivity contribution is -0.296. The topological polar surface area (TPSA) is 240 Å². The zero-order valence-electron chi connectivity index (χ0n) is 38.5. The Morgan fingerprint density at radius 2 is 1.75 bits per heavy atom. The third kappa shape index (κ3) is 10.6. The molecule has 18 heteroatoms. The van der Waals surface area contributed by atoms with Gasteiger partial charge >= 0.3 is 5.97 Å². The van der Waals surface area contributed by atoms with Gasteiger partial charge in [-0.05, 0) is 91.2 Å². The third-order valence-corrected chi connectivity index (χ3v) is 13.0. The number of aliphatic hydroxyl groups is 2. The molecule has 4 aliphatic heterocycles. The SMILES string of the molecule is CC[C@H]1OC(=O)[C@H](C)C(=O)[C@H](C)[C@@H](O[C@@H]2O[C@H](C)C[C@H](N(C)C)[C@H]2O)[C@@]2(C)C[C@@H](C)C3=NC(=O)C(C/C=C/c4ccc(-c5ncccn5)c(N)n4)O/N=C(\CO[C@@H]([C@@H]3C)[C@]1(C)O)CO2. The van der Waals surface area contributed by atoms with E-state index in [9.17, 15) is 24.6 Å². The maximum absolute atomic E-state index is 14.5. The second-order valence-electron chi connectivity index (χ2n) is 18.3. The molecule has 64 heavy (non-hydrogen) atoms. The van der Waals surface area contributed by atoms with Gasteiger partial charge in [0.05, 0.1) is 48.4 Å². The summed E-state index contributed by atoms with van der Waals surface area (Å²) < 4.78 is 32.4. The quantitative estimate of drug-likeness (QED) is 0.252. The standard InChI is InChI=1S/C46H65N7O11/c1-11-34-46(8,58)39-26(4)35-24(2)21-45(7,38(27(5)36(54)28(6)43(57)62-34)63-44-37(55)32(53(9)10)20-25(3)61-44)60-23-30(22-59-39)52-64-33(42(56)51-35)15-12-14-29-16-17-31(40(47)50-29)41-48-18-13-19-49-41/h12-14,16-19,24-28,32-34,37-39,44,55,58H,11,15,20-23H2,1-10H3,(H2,47,50)/b14-12+,51-35?,52-30+/t24-,25-,26-,27+,28-,32+,33?,34-,37-,38-,39+,44+,45-,46-/m1/s1. The molecule has 1 amide bonds. The van der Waals surface area contributed by atoms with Crippen molar-refractivity contribution in [2.75, 3.05) is 33.0 Å².